The first-order valence-corrected chi connectivity index (χ1v) is 10.8. The van der Waals surface area contributed by atoms with Crippen LogP contribution in [0, 0.1) is 12.8 Å². The maximum absolute atomic E-state index is 6.07. The van der Waals surface area contributed by atoms with Gasteiger partial charge in [0, 0.05) is 30.3 Å². The predicted molar refractivity (Wildman–Crippen MR) is 125 cm³/mol. The molecule has 0 unspecified atom stereocenters. The Kier molecular flexibility index (Phi) is 6.49. The standard InChI is InChI=1S/C24H28N6O2/c1-16(2)6-5-11-31-19-12-17(3)24(25-14-19)32-18-7-8-21-20(13-18)23(27-15-26-21)28-22-9-10-30(4)29-22/h7-10,12-16H,5-6,11H2,1-4H3,(H,26,27,28,29). The molecule has 4 aromatic rings. The van der Waals surface area contributed by atoms with Crippen LogP contribution in [0.25, 0.3) is 10.9 Å². The summed E-state index contributed by atoms with van der Waals surface area (Å²) in [6.07, 6.45) is 7.28. The van der Waals surface area contributed by atoms with Crippen LogP contribution in [0.15, 0.2) is 49.1 Å². The number of nitrogens with one attached hydrogen (secondary N) is 1. The van der Waals surface area contributed by atoms with Crippen LogP contribution in [0.2, 0.25) is 0 Å². The number of ether oxygens (including phenoxy) is 2. The molecule has 0 radical (unpaired) electrons. The minimum absolute atomic E-state index is 0.537. The van der Waals surface area contributed by atoms with E-state index in [2.05, 4.69) is 39.2 Å². The molecule has 0 fully saturated rings. The van der Waals surface area contributed by atoms with Crippen LogP contribution in [-0.4, -0.2) is 31.3 Å². The average Bonchev–Trinajstić information content (AvgIpc) is 3.18. The Morgan fingerprint density at radius 2 is 1.94 bits per heavy atom. The fourth-order valence-electron chi connectivity index (χ4n) is 3.32. The van der Waals surface area contributed by atoms with Crippen molar-refractivity contribution >= 4 is 22.5 Å². The fraction of sp³-hybridized carbons (Fsp3) is 0.333. The van der Waals surface area contributed by atoms with Gasteiger partial charge in [-0.25, -0.2) is 15.0 Å². The van der Waals surface area contributed by atoms with Crippen molar-refractivity contribution in [3.63, 3.8) is 0 Å². The summed E-state index contributed by atoms with van der Waals surface area (Å²) in [7, 11) is 1.87. The third-order valence-corrected chi connectivity index (χ3v) is 4.98. The van der Waals surface area contributed by atoms with Crippen molar-refractivity contribution in [1.82, 2.24) is 24.7 Å². The topological polar surface area (TPSA) is 87.0 Å². The molecule has 0 aliphatic heterocycles. The number of anilines is 2. The first kappa shape index (κ1) is 21.5. The number of benzene rings is 1. The number of aryl methyl sites for hydroxylation is 2. The van der Waals surface area contributed by atoms with Gasteiger partial charge >= 0.3 is 0 Å². The highest BCUT2D eigenvalue weighted by Crippen LogP contribution is 2.30. The molecule has 0 atom stereocenters. The Hall–Kier alpha value is -3.68. The van der Waals surface area contributed by atoms with Gasteiger partial charge in [0.2, 0.25) is 5.88 Å². The zero-order chi connectivity index (χ0) is 22.5. The number of nitrogens with zero attached hydrogens (tertiary/aromatic N) is 5. The van der Waals surface area contributed by atoms with Gasteiger partial charge in [0.15, 0.2) is 5.82 Å². The molecule has 3 heterocycles. The fourth-order valence-corrected chi connectivity index (χ4v) is 3.32. The van der Waals surface area contributed by atoms with E-state index in [1.54, 1.807) is 10.9 Å². The lowest BCUT2D eigenvalue weighted by molar-refractivity contribution is 0.295. The zero-order valence-corrected chi connectivity index (χ0v) is 18.9. The van der Waals surface area contributed by atoms with E-state index in [9.17, 15) is 0 Å². The van der Waals surface area contributed by atoms with Crippen molar-refractivity contribution in [3.05, 3.63) is 54.6 Å². The molecule has 1 N–H and O–H groups in total. The quantitative estimate of drug-likeness (QED) is 0.353. The van der Waals surface area contributed by atoms with Crippen LogP contribution in [0.1, 0.15) is 32.3 Å². The normalized spacial score (nSPS) is 11.2. The summed E-state index contributed by atoms with van der Waals surface area (Å²) in [5.74, 6) is 4.00. The van der Waals surface area contributed by atoms with Gasteiger partial charge in [0.1, 0.15) is 23.6 Å². The molecular formula is C24H28N6O2. The Morgan fingerprint density at radius 3 is 2.69 bits per heavy atom. The minimum atomic E-state index is 0.537. The monoisotopic (exact) mass is 432 g/mol. The molecule has 0 amide bonds. The third-order valence-electron chi connectivity index (χ3n) is 4.98. The molecule has 1 aromatic carbocycles. The molecule has 3 aromatic heterocycles. The largest absolute Gasteiger partial charge is 0.492 e. The number of fused-ring (bicyclic) bond motifs is 1. The summed E-state index contributed by atoms with van der Waals surface area (Å²) >= 11 is 0. The lowest BCUT2D eigenvalue weighted by atomic mass is 10.1. The summed E-state index contributed by atoms with van der Waals surface area (Å²) in [4.78, 5) is 13.2. The number of aromatic nitrogens is 5. The van der Waals surface area contributed by atoms with Crippen molar-refractivity contribution in [2.24, 2.45) is 13.0 Å². The number of pyridine rings is 1. The summed E-state index contributed by atoms with van der Waals surface area (Å²) in [6.45, 7) is 7.08. The van der Waals surface area contributed by atoms with Gasteiger partial charge in [0.05, 0.1) is 18.3 Å². The molecule has 0 aliphatic carbocycles. The number of rotatable bonds is 9. The van der Waals surface area contributed by atoms with E-state index in [0.717, 1.165) is 35.1 Å². The molecule has 8 heteroatoms. The van der Waals surface area contributed by atoms with E-state index in [1.165, 1.54) is 6.33 Å². The Bertz CT molecular complexity index is 1200. The van der Waals surface area contributed by atoms with Gasteiger partial charge in [0.25, 0.3) is 0 Å². The molecule has 0 aliphatic rings. The maximum atomic E-state index is 6.07. The van der Waals surface area contributed by atoms with E-state index in [-0.39, 0.29) is 0 Å². The maximum Gasteiger partial charge on any atom is 0.222 e. The van der Waals surface area contributed by atoms with Crippen LogP contribution in [0.5, 0.6) is 17.4 Å². The first-order chi connectivity index (χ1) is 15.5. The van der Waals surface area contributed by atoms with E-state index in [4.69, 9.17) is 9.47 Å². The van der Waals surface area contributed by atoms with Crippen LogP contribution in [-0.2, 0) is 7.05 Å². The van der Waals surface area contributed by atoms with Crippen molar-refractivity contribution in [3.8, 4) is 17.4 Å². The number of hydrogen-bond acceptors (Lipinski definition) is 7. The zero-order valence-electron chi connectivity index (χ0n) is 18.9. The molecule has 0 bridgehead atoms. The van der Waals surface area contributed by atoms with Gasteiger partial charge in [-0.05, 0) is 49.9 Å². The molecule has 4 rings (SSSR count). The van der Waals surface area contributed by atoms with Crippen LogP contribution >= 0.6 is 0 Å². The van der Waals surface area contributed by atoms with Crippen LogP contribution in [0.4, 0.5) is 11.6 Å². The molecule has 0 saturated carbocycles. The van der Waals surface area contributed by atoms with Gasteiger partial charge < -0.3 is 14.8 Å². The Morgan fingerprint density at radius 1 is 1.06 bits per heavy atom. The molecule has 32 heavy (non-hydrogen) atoms. The Labute approximate surface area is 187 Å². The Balaban J connectivity index is 1.49. The van der Waals surface area contributed by atoms with Crippen molar-refractivity contribution in [2.75, 3.05) is 11.9 Å². The van der Waals surface area contributed by atoms with E-state index < -0.39 is 0 Å². The molecule has 0 saturated heterocycles. The van der Waals surface area contributed by atoms with Gasteiger partial charge in [-0.3, -0.25) is 4.68 Å². The molecular weight excluding hydrogens is 404 g/mol. The van der Waals surface area contributed by atoms with E-state index in [0.29, 0.717) is 35.8 Å². The van der Waals surface area contributed by atoms with Crippen LogP contribution < -0.4 is 14.8 Å². The SMILES string of the molecule is Cc1cc(OCCCC(C)C)cnc1Oc1ccc2ncnc(Nc3ccn(C)n3)c2c1. The lowest BCUT2D eigenvalue weighted by Crippen LogP contribution is -2.01. The van der Waals surface area contributed by atoms with Crippen molar-refractivity contribution < 1.29 is 9.47 Å². The second kappa shape index (κ2) is 9.64. The second-order valence-corrected chi connectivity index (χ2v) is 8.18. The van der Waals surface area contributed by atoms with E-state index in [1.807, 2.05) is 50.5 Å². The van der Waals surface area contributed by atoms with E-state index >= 15 is 0 Å². The minimum Gasteiger partial charge on any atom is -0.492 e. The van der Waals surface area contributed by atoms with Gasteiger partial charge in [-0.2, -0.15) is 5.10 Å². The predicted octanol–water partition coefficient (Wildman–Crippen LogP) is 5.42. The summed E-state index contributed by atoms with van der Waals surface area (Å²) < 4.78 is 13.6. The molecule has 166 valence electrons. The van der Waals surface area contributed by atoms with Gasteiger partial charge in [-0.15, -0.1) is 0 Å². The third kappa shape index (κ3) is 5.32. The highest BCUT2D eigenvalue weighted by atomic mass is 16.5. The van der Waals surface area contributed by atoms with Crippen molar-refractivity contribution in [2.45, 2.75) is 33.6 Å². The molecule has 0 spiro atoms. The summed E-state index contributed by atoms with van der Waals surface area (Å²) in [5.41, 5.74) is 1.71. The lowest BCUT2D eigenvalue weighted by Gasteiger charge is -2.12. The number of hydrogen-bond donors (Lipinski definition) is 1. The highest BCUT2D eigenvalue weighted by molar-refractivity contribution is 5.91. The average molecular weight is 433 g/mol. The van der Waals surface area contributed by atoms with Crippen LogP contribution in [0.3, 0.4) is 0 Å². The summed E-state index contributed by atoms with van der Waals surface area (Å²) in [5, 5.41) is 8.42. The van der Waals surface area contributed by atoms with Gasteiger partial charge in [-0.1, -0.05) is 13.8 Å². The van der Waals surface area contributed by atoms with Crippen molar-refractivity contribution in [1.29, 1.82) is 0 Å². The smallest absolute Gasteiger partial charge is 0.222 e. The molecule has 8 nitrogen and oxygen atoms in total. The second-order valence-electron chi connectivity index (χ2n) is 8.18. The first-order valence-electron chi connectivity index (χ1n) is 10.8. The summed E-state index contributed by atoms with van der Waals surface area (Å²) in [6, 6.07) is 9.51. The highest BCUT2D eigenvalue weighted by Gasteiger charge is 2.10.